The van der Waals surface area contributed by atoms with Gasteiger partial charge in [-0.1, -0.05) is 30.3 Å². The average molecular weight is 286 g/mol. The summed E-state index contributed by atoms with van der Waals surface area (Å²) < 4.78 is 7.62. The fraction of sp³-hybridized carbons (Fsp3) is 0.471. The second kappa shape index (κ2) is 5.62. The lowest BCUT2D eigenvalue weighted by Crippen LogP contribution is -2.45. The van der Waals surface area contributed by atoms with Crippen molar-refractivity contribution >= 4 is 0 Å². The molecule has 1 aromatic carbocycles. The first-order valence-corrected chi connectivity index (χ1v) is 7.47. The molecule has 1 aliphatic heterocycles. The maximum absolute atomic E-state index is 9.54. The lowest BCUT2D eigenvalue weighted by atomic mass is 9.82. The summed E-state index contributed by atoms with van der Waals surface area (Å²) in [6.45, 7) is 6.28. The Balaban J connectivity index is 2.00. The first-order valence-electron chi connectivity index (χ1n) is 7.47. The van der Waals surface area contributed by atoms with Gasteiger partial charge in [0, 0.05) is 12.1 Å². The van der Waals surface area contributed by atoms with Gasteiger partial charge in [0.15, 0.2) is 0 Å². The van der Waals surface area contributed by atoms with Gasteiger partial charge in [-0.25, -0.2) is 4.98 Å². The third kappa shape index (κ3) is 2.74. The molecule has 1 N–H and O–H groups in total. The van der Waals surface area contributed by atoms with E-state index in [2.05, 4.69) is 28.6 Å². The van der Waals surface area contributed by atoms with E-state index in [0.717, 1.165) is 37.4 Å². The zero-order valence-corrected chi connectivity index (χ0v) is 12.6. The Kier molecular flexibility index (Phi) is 3.83. The molecule has 1 atom stereocenters. The highest BCUT2D eigenvalue weighted by Gasteiger charge is 2.40. The Hall–Kier alpha value is -1.65. The second-order valence-electron chi connectivity index (χ2n) is 6.19. The van der Waals surface area contributed by atoms with Gasteiger partial charge in [-0.05, 0) is 20.3 Å². The van der Waals surface area contributed by atoms with E-state index in [4.69, 9.17) is 4.74 Å². The van der Waals surface area contributed by atoms with Gasteiger partial charge in [0.25, 0.3) is 0 Å². The molecule has 0 spiro atoms. The number of rotatable bonds is 5. The van der Waals surface area contributed by atoms with Gasteiger partial charge in [0.05, 0.1) is 42.4 Å². The highest BCUT2D eigenvalue weighted by Crippen LogP contribution is 2.37. The molecule has 0 amide bonds. The van der Waals surface area contributed by atoms with Gasteiger partial charge in [0.2, 0.25) is 0 Å². The van der Waals surface area contributed by atoms with E-state index in [1.165, 1.54) is 5.69 Å². The van der Waals surface area contributed by atoms with Crippen LogP contribution in [0, 0.1) is 0 Å². The van der Waals surface area contributed by atoms with Gasteiger partial charge >= 0.3 is 0 Å². The molecule has 1 fully saturated rings. The van der Waals surface area contributed by atoms with Crippen molar-refractivity contribution in [3.63, 3.8) is 0 Å². The Bertz CT molecular complexity index is 601. The summed E-state index contributed by atoms with van der Waals surface area (Å²) >= 11 is 0. The van der Waals surface area contributed by atoms with Crippen molar-refractivity contribution in [2.24, 2.45) is 0 Å². The van der Waals surface area contributed by atoms with Crippen molar-refractivity contribution < 1.29 is 9.84 Å². The first kappa shape index (κ1) is 14.3. The summed E-state index contributed by atoms with van der Waals surface area (Å²) in [5.74, 6) is 0. The molecular formula is C17H22N2O2. The van der Waals surface area contributed by atoms with Crippen molar-refractivity contribution in [2.45, 2.75) is 38.3 Å². The predicted molar refractivity (Wildman–Crippen MR) is 82.1 cm³/mol. The van der Waals surface area contributed by atoms with Crippen molar-refractivity contribution in [3.8, 4) is 11.3 Å². The van der Waals surface area contributed by atoms with Gasteiger partial charge in [-0.3, -0.25) is 0 Å². The quantitative estimate of drug-likeness (QED) is 0.919. The molecule has 2 aromatic rings. The van der Waals surface area contributed by atoms with Crippen LogP contribution in [0.15, 0.2) is 36.7 Å². The standard InChI is InChI=1S/C17H22N2O2/c1-13(20)8-9-19-12-18-15(14-6-4-3-5-7-14)16(19)17(2)10-21-11-17/h3-7,12-13,20H,8-11H2,1-2H3/t13-/m1/s1. The van der Waals surface area contributed by atoms with E-state index in [-0.39, 0.29) is 11.5 Å². The van der Waals surface area contributed by atoms with Gasteiger partial charge in [0.1, 0.15) is 0 Å². The van der Waals surface area contributed by atoms with E-state index < -0.39 is 0 Å². The average Bonchev–Trinajstić information content (AvgIpc) is 2.87. The minimum atomic E-state index is -0.300. The topological polar surface area (TPSA) is 47.3 Å². The van der Waals surface area contributed by atoms with E-state index in [1.54, 1.807) is 0 Å². The molecule has 3 rings (SSSR count). The largest absolute Gasteiger partial charge is 0.393 e. The van der Waals surface area contributed by atoms with Crippen LogP contribution < -0.4 is 0 Å². The fourth-order valence-corrected chi connectivity index (χ4v) is 2.86. The van der Waals surface area contributed by atoms with Gasteiger partial charge < -0.3 is 14.4 Å². The van der Waals surface area contributed by atoms with E-state index in [0.29, 0.717) is 0 Å². The molecular weight excluding hydrogens is 264 g/mol. The van der Waals surface area contributed by atoms with Crippen molar-refractivity contribution in [3.05, 3.63) is 42.4 Å². The highest BCUT2D eigenvalue weighted by molar-refractivity contribution is 5.63. The molecule has 112 valence electrons. The first-order chi connectivity index (χ1) is 10.1. The smallest absolute Gasteiger partial charge is 0.0956 e. The van der Waals surface area contributed by atoms with Crippen LogP contribution in [-0.4, -0.2) is 34.0 Å². The summed E-state index contributed by atoms with van der Waals surface area (Å²) in [6, 6.07) is 10.3. The second-order valence-corrected chi connectivity index (χ2v) is 6.19. The molecule has 1 saturated heterocycles. The molecule has 2 heterocycles. The number of ether oxygens (including phenoxy) is 1. The summed E-state index contributed by atoms with van der Waals surface area (Å²) in [4.78, 5) is 4.64. The maximum Gasteiger partial charge on any atom is 0.0956 e. The maximum atomic E-state index is 9.54. The molecule has 4 heteroatoms. The summed E-state index contributed by atoms with van der Waals surface area (Å²) in [5.41, 5.74) is 3.41. The van der Waals surface area contributed by atoms with Crippen LogP contribution in [0.4, 0.5) is 0 Å². The molecule has 21 heavy (non-hydrogen) atoms. The van der Waals surface area contributed by atoms with Crippen molar-refractivity contribution in [1.29, 1.82) is 0 Å². The fourth-order valence-electron chi connectivity index (χ4n) is 2.86. The minimum Gasteiger partial charge on any atom is -0.393 e. The van der Waals surface area contributed by atoms with Crippen LogP contribution in [0.3, 0.4) is 0 Å². The number of aryl methyl sites for hydroxylation is 1. The molecule has 1 aliphatic rings. The number of aliphatic hydroxyl groups excluding tert-OH is 1. The third-order valence-corrected chi connectivity index (χ3v) is 4.09. The number of benzene rings is 1. The number of imidazole rings is 1. The molecule has 0 unspecified atom stereocenters. The van der Waals surface area contributed by atoms with Crippen LogP contribution in [0.25, 0.3) is 11.3 Å². The molecule has 4 nitrogen and oxygen atoms in total. The minimum absolute atomic E-state index is 0.0143. The van der Waals surface area contributed by atoms with Crippen LogP contribution in [0.5, 0.6) is 0 Å². The Morgan fingerprint density at radius 1 is 1.33 bits per heavy atom. The summed E-state index contributed by atoms with van der Waals surface area (Å²) in [5, 5.41) is 9.54. The number of aliphatic hydroxyl groups is 1. The Morgan fingerprint density at radius 3 is 2.62 bits per heavy atom. The third-order valence-electron chi connectivity index (χ3n) is 4.09. The number of nitrogens with zero attached hydrogens (tertiary/aromatic N) is 2. The highest BCUT2D eigenvalue weighted by atomic mass is 16.5. The molecule has 0 bridgehead atoms. The summed E-state index contributed by atoms with van der Waals surface area (Å²) in [7, 11) is 0. The SMILES string of the molecule is C[C@@H](O)CCn1cnc(-c2ccccc2)c1C1(C)COC1. The van der Waals surface area contributed by atoms with E-state index >= 15 is 0 Å². The van der Waals surface area contributed by atoms with Crippen molar-refractivity contribution in [2.75, 3.05) is 13.2 Å². The predicted octanol–water partition coefficient (Wildman–Crippen LogP) is 2.61. The van der Waals surface area contributed by atoms with Crippen molar-refractivity contribution in [1.82, 2.24) is 9.55 Å². The lowest BCUT2D eigenvalue weighted by molar-refractivity contribution is -0.0535. The number of hydrogen-bond acceptors (Lipinski definition) is 3. The molecule has 0 radical (unpaired) electrons. The normalized spacial score (nSPS) is 18.2. The Morgan fingerprint density at radius 2 is 2.05 bits per heavy atom. The van der Waals surface area contributed by atoms with E-state index in [9.17, 15) is 5.11 Å². The van der Waals surface area contributed by atoms with Crippen LogP contribution in [0.1, 0.15) is 26.0 Å². The number of hydrogen-bond donors (Lipinski definition) is 1. The van der Waals surface area contributed by atoms with Gasteiger partial charge in [-0.15, -0.1) is 0 Å². The molecule has 1 aromatic heterocycles. The van der Waals surface area contributed by atoms with Crippen LogP contribution in [-0.2, 0) is 16.7 Å². The lowest BCUT2D eigenvalue weighted by Gasteiger charge is -2.39. The van der Waals surface area contributed by atoms with Crippen LogP contribution in [0.2, 0.25) is 0 Å². The Labute approximate surface area is 125 Å². The molecule has 0 aliphatic carbocycles. The monoisotopic (exact) mass is 286 g/mol. The zero-order chi connectivity index (χ0) is 14.9. The summed E-state index contributed by atoms with van der Waals surface area (Å²) in [6.07, 6.45) is 2.32. The van der Waals surface area contributed by atoms with Crippen LogP contribution >= 0.6 is 0 Å². The number of aromatic nitrogens is 2. The van der Waals surface area contributed by atoms with E-state index in [1.807, 2.05) is 31.5 Å². The van der Waals surface area contributed by atoms with Gasteiger partial charge in [-0.2, -0.15) is 0 Å². The zero-order valence-electron chi connectivity index (χ0n) is 12.6. The molecule has 0 saturated carbocycles.